The van der Waals surface area contributed by atoms with Crippen LogP contribution in [-0.4, -0.2) is 31.6 Å². The van der Waals surface area contributed by atoms with Crippen LogP contribution >= 0.6 is 12.4 Å². The van der Waals surface area contributed by atoms with Crippen LogP contribution in [0.25, 0.3) is 0 Å². The van der Waals surface area contributed by atoms with Crippen molar-refractivity contribution in [1.82, 2.24) is 10.6 Å². The Labute approximate surface area is 127 Å². The zero-order valence-corrected chi connectivity index (χ0v) is 13.2. The van der Waals surface area contributed by atoms with Crippen molar-refractivity contribution in [2.75, 3.05) is 19.7 Å². The van der Waals surface area contributed by atoms with E-state index in [9.17, 15) is 4.79 Å². The highest BCUT2D eigenvalue weighted by Crippen LogP contribution is 2.17. The van der Waals surface area contributed by atoms with Crippen LogP contribution in [0.5, 0.6) is 0 Å². The van der Waals surface area contributed by atoms with Crippen molar-refractivity contribution < 1.29 is 9.53 Å². The average molecular weight is 301 g/mol. The Balaban J connectivity index is 0.00000361. The molecule has 5 heteroatoms. The normalized spacial score (nSPS) is 13.2. The topological polar surface area (TPSA) is 50.4 Å². The van der Waals surface area contributed by atoms with Gasteiger partial charge in [0, 0.05) is 19.2 Å². The van der Waals surface area contributed by atoms with Crippen LogP contribution in [0.1, 0.15) is 32.4 Å². The van der Waals surface area contributed by atoms with Gasteiger partial charge in [0.25, 0.3) is 5.91 Å². The minimum absolute atomic E-state index is 0. The predicted octanol–water partition coefficient (Wildman–Crippen LogP) is 2.30. The summed E-state index contributed by atoms with van der Waals surface area (Å²) < 4.78 is 5.55. The lowest BCUT2D eigenvalue weighted by molar-refractivity contribution is -0.133. The van der Waals surface area contributed by atoms with E-state index in [4.69, 9.17) is 4.74 Å². The number of hydrogen-bond donors (Lipinski definition) is 2. The largest absolute Gasteiger partial charge is 0.364 e. The van der Waals surface area contributed by atoms with Gasteiger partial charge in [-0.3, -0.25) is 4.79 Å². The SMILES string of the molecule is CCN[C@H](C)CNC(=O)C(OCC)c1ccccc1.Cl. The van der Waals surface area contributed by atoms with Gasteiger partial charge in [-0.25, -0.2) is 0 Å². The third-order valence-electron chi connectivity index (χ3n) is 2.81. The second-order valence-corrected chi connectivity index (χ2v) is 4.45. The summed E-state index contributed by atoms with van der Waals surface area (Å²) in [6, 6.07) is 9.83. The number of nitrogens with one attached hydrogen (secondary N) is 2. The van der Waals surface area contributed by atoms with E-state index in [1.54, 1.807) is 0 Å². The molecule has 0 saturated carbocycles. The number of rotatable bonds is 8. The summed E-state index contributed by atoms with van der Waals surface area (Å²) in [6.07, 6.45) is -0.528. The molecule has 0 saturated heterocycles. The van der Waals surface area contributed by atoms with E-state index in [1.807, 2.05) is 51.1 Å². The van der Waals surface area contributed by atoms with Crippen molar-refractivity contribution in [3.8, 4) is 0 Å². The average Bonchev–Trinajstić information content (AvgIpc) is 2.43. The number of amides is 1. The second kappa shape index (κ2) is 10.7. The summed E-state index contributed by atoms with van der Waals surface area (Å²) in [4.78, 5) is 12.2. The van der Waals surface area contributed by atoms with E-state index in [-0.39, 0.29) is 24.4 Å². The Bertz CT molecular complexity index is 373. The quantitative estimate of drug-likeness (QED) is 0.774. The van der Waals surface area contributed by atoms with Gasteiger partial charge >= 0.3 is 0 Å². The Morgan fingerprint density at radius 2 is 1.90 bits per heavy atom. The van der Waals surface area contributed by atoms with Crippen LogP contribution < -0.4 is 10.6 Å². The van der Waals surface area contributed by atoms with E-state index in [2.05, 4.69) is 10.6 Å². The van der Waals surface area contributed by atoms with Crippen molar-refractivity contribution in [1.29, 1.82) is 0 Å². The molecule has 1 aromatic carbocycles. The molecule has 20 heavy (non-hydrogen) atoms. The molecular weight excluding hydrogens is 276 g/mol. The molecule has 0 aliphatic rings. The highest BCUT2D eigenvalue weighted by molar-refractivity contribution is 5.85. The molecule has 1 rings (SSSR count). The molecule has 1 aromatic rings. The van der Waals surface area contributed by atoms with Crippen molar-refractivity contribution in [2.45, 2.75) is 32.9 Å². The summed E-state index contributed by atoms with van der Waals surface area (Å²) >= 11 is 0. The zero-order chi connectivity index (χ0) is 14.1. The Morgan fingerprint density at radius 3 is 2.45 bits per heavy atom. The van der Waals surface area contributed by atoms with E-state index in [1.165, 1.54) is 0 Å². The molecule has 0 aromatic heterocycles. The van der Waals surface area contributed by atoms with Crippen molar-refractivity contribution in [3.05, 3.63) is 35.9 Å². The summed E-state index contributed by atoms with van der Waals surface area (Å²) in [5.74, 6) is -0.0854. The van der Waals surface area contributed by atoms with Crippen LogP contribution in [-0.2, 0) is 9.53 Å². The standard InChI is InChI=1S/C15H24N2O2.ClH/c1-4-16-12(3)11-17-15(18)14(19-5-2)13-9-7-6-8-10-13;/h6-10,12,14,16H,4-5,11H2,1-3H3,(H,17,18);1H/t12-,14?;/m1./s1. The fraction of sp³-hybridized carbons (Fsp3) is 0.533. The zero-order valence-electron chi connectivity index (χ0n) is 12.4. The number of halogens is 1. The van der Waals surface area contributed by atoms with Crippen molar-refractivity contribution >= 4 is 18.3 Å². The molecule has 0 fully saturated rings. The molecule has 0 radical (unpaired) electrons. The molecule has 1 amide bonds. The summed E-state index contributed by atoms with van der Waals surface area (Å²) in [6.45, 7) is 7.99. The van der Waals surface area contributed by atoms with Gasteiger partial charge in [-0.15, -0.1) is 12.4 Å². The van der Waals surface area contributed by atoms with Crippen LogP contribution in [0.3, 0.4) is 0 Å². The van der Waals surface area contributed by atoms with Gasteiger partial charge in [-0.1, -0.05) is 37.3 Å². The first-order valence-corrected chi connectivity index (χ1v) is 6.86. The lowest BCUT2D eigenvalue weighted by Gasteiger charge is -2.19. The molecule has 0 aliphatic carbocycles. The number of benzene rings is 1. The van der Waals surface area contributed by atoms with E-state index >= 15 is 0 Å². The first kappa shape index (κ1) is 18.9. The van der Waals surface area contributed by atoms with E-state index in [0.29, 0.717) is 13.2 Å². The molecule has 4 nitrogen and oxygen atoms in total. The summed E-state index contributed by atoms with van der Waals surface area (Å²) in [5.41, 5.74) is 0.887. The van der Waals surface area contributed by atoms with Gasteiger partial charge in [0.1, 0.15) is 0 Å². The molecular formula is C15H25ClN2O2. The van der Waals surface area contributed by atoms with Gasteiger partial charge in [-0.2, -0.15) is 0 Å². The molecule has 0 spiro atoms. The number of carbonyl (C=O) groups is 1. The van der Waals surface area contributed by atoms with Crippen LogP contribution in [0, 0.1) is 0 Å². The maximum atomic E-state index is 12.2. The Morgan fingerprint density at radius 1 is 1.25 bits per heavy atom. The summed E-state index contributed by atoms with van der Waals surface area (Å²) in [5, 5.41) is 6.18. The maximum absolute atomic E-state index is 12.2. The number of ether oxygens (including phenoxy) is 1. The van der Waals surface area contributed by atoms with Gasteiger partial charge in [-0.05, 0) is 26.0 Å². The highest BCUT2D eigenvalue weighted by Gasteiger charge is 2.20. The molecule has 2 atom stereocenters. The molecule has 0 bridgehead atoms. The molecule has 0 heterocycles. The minimum atomic E-state index is -0.528. The Hall–Kier alpha value is -1.10. The van der Waals surface area contributed by atoms with Crippen LogP contribution in [0.4, 0.5) is 0 Å². The number of hydrogen-bond acceptors (Lipinski definition) is 3. The first-order chi connectivity index (χ1) is 9.19. The number of likely N-dealkylation sites (N-methyl/N-ethyl adjacent to an activating group) is 1. The fourth-order valence-electron chi connectivity index (χ4n) is 1.88. The molecule has 0 aliphatic heterocycles. The minimum Gasteiger partial charge on any atom is -0.364 e. The van der Waals surface area contributed by atoms with Gasteiger partial charge in [0.2, 0.25) is 0 Å². The fourth-order valence-corrected chi connectivity index (χ4v) is 1.88. The third-order valence-corrected chi connectivity index (χ3v) is 2.81. The smallest absolute Gasteiger partial charge is 0.253 e. The second-order valence-electron chi connectivity index (χ2n) is 4.45. The van der Waals surface area contributed by atoms with Gasteiger partial charge < -0.3 is 15.4 Å². The number of carbonyl (C=O) groups excluding carboxylic acids is 1. The van der Waals surface area contributed by atoms with E-state index in [0.717, 1.165) is 12.1 Å². The first-order valence-electron chi connectivity index (χ1n) is 6.86. The lowest BCUT2D eigenvalue weighted by atomic mass is 10.1. The monoisotopic (exact) mass is 300 g/mol. The van der Waals surface area contributed by atoms with Crippen LogP contribution in [0.15, 0.2) is 30.3 Å². The molecule has 114 valence electrons. The van der Waals surface area contributed by atoms with Crippen LogP contribution in [0.2, 0.25) is 0 Å². The maximum Gasteiger partial charge on any atom is 0.253 e. The third kappa shape index (κ3) is 6.37. The molecule has 2 N–H and O–H groups in total. The Kier molecular flexibility index (Phi) is 10.1. The highest BCUT2D eigenvalue weighted by atomic mass is 35.5. The lowest BCUT2D eigenvalue weighted by Crippen LogP contribution is -2.41. The van der Waals surface area contributed by atoms with Crippen molar-refractivity contribution in [2.24, 2.45) is 0 Å². The van der Waals surface area contributed by atoms with Gasteiger partial charge in [0.05, 0.1) is 0 Å². The molecule has 1 unspecified atom stereocenters. The predicted molar refractivity (Wildman–Crippen MR) is 84.2 cm³/mol. The summed E-state index contributed by atoms with van der Waals surface area (Å²) in [7, 11) is 0. The van der Waals surface area contributed by atoms with Crippen molar-refractivity contribution in [3.63, 3.8) is 0 Å². The van der Waals surface area contributed by atoms with Gasteiger partial charge in [0.15, 0.2) is 6.10 Å². The van der Waals surface area contributed by atoms with E-state index < -0.39 is 6.10 Å².